The average molecular weight is 250 g/mol. The maximum Gasteiger partial charge on any atom is 0.0786 e. The molecule has 0 saturated carbocycles. The predicted octanol–water partition coefficient (Wildman–Crippen LogP) is 1.23. The largest absolute Gasteiger partial charge is 1.00 e. The molecule has 0 heterocycles. The van der Waals surface area contributed by atoms with Gasteiger partial charge in [0.05, 0.1) is 26.2 Å². The van der Waals surface area contributed by atoms with Crippen molar-refractivity contribution in [3.05, 3.63) is 0 Å². The fourth-order valence-electron chi connectivity index (χ4n) is 2.61. The summed E-state index contributed by atoms with van der Waals surface area (Å²) in [6.45, 7) is 14.9. The van der Waals surface area contributed by atoms with Crippen molar-refractivity contribution in [2.24, 2.45) is 0 Å². The number of halogens is 1. The maximum absolute atomic E-state index is 2.33. The summed E-state index contributed by atoms with van der Waals surface area (Å²) in [5.74, 6) is 0. The van der Waals surface area contributed by atoms with Crippen LogP contribution >= 0.6 is 0 Å². The number of rotatable bonds is 10. The Balaban J connectivity index is 0. The molecule has 0 aliphatic heterocycles. The van der Waals surface area contributed by atoms with Crippen LogP contribution in [0.4, 0.5) is 0 Å². The summed E-state index contributed by atoms with van der Waals surface area (Å²) in [4.78, 5) is 0. The second-order valence-corrected chi connectivity index (χ2v) is 4.94. The topological polar surface area (TPSA) is 0 Å². The summed E-state index contributed by atoms with van der Waals surface area (Å²) < 4.78 is 1.40. The van der Waals surface area contributed by atoms with Crippen molar-refractivity contribution in [3.8, 4) is 0 Å². The second-order valence-electron chi connectivity index (χ2n) is 4.94. The van der Waals surface area contributed by atoms with Crippen LogP contribution in [0.3, 0.4) is 0 Å². The molecule has 0 aromatic heterocycles. The van der Waals surface area contributed by atoms with E-state index in [9.17, 15) is 0 Å². The Morgan fingerprint density at radius 2 is 0.938 bits per heavy atom. The Kier molecular flexibility index (Phi) is 13.6. The van der Waals surface area contributed by atoms with Gasteiger partial charge in [-0.2, -0.15) is 0 Å². The predicted molar refractivity (Wildman–Crippen MR) is 70.1 cm³/mol. The molecule has 0 aliphatic carbocycles. The summed E-state index contributed by atoms with van der Waals surface area (Å²) in [6, 6.07) is 0. The lowest BCUT2D eigenvalue weighted by Crippen LogP contribution is -3.00. The normalized spacial score (nSPS) is 11.2. The van der Waals surface area contributed by atoms with Gasteiger partial charge in [0.25, 0.3) is 0 Å². The Morgan fingerprint density at radius 3 is 1.19 bits per heavy atom. The van der Waals surface area contributed by atoms with Crippen LogP contribution in [0.2, 0.25) is 0 Å². The van der Waals surface area contributed by atoms with Gasteiger partial charge in [0.15, 0.2) is 0 Å². The number of nitrogens with zero attached hydrogens (tertiary/aromatic N) is 1. The number of quaternary nitrogens is 1. The molecule has 0 saturated heterocycles. The first-order valence-electron chi connectivity index (χ1n) is 7.09. The Bertz CT molecular complexity index is 121. The van der Waals surface area contributed by atoms with E-state index in [1.165, 1.54) is 69.2 Å². The molecule has 2 heteroatoms. The molecule has 0 spiro atoms. The van der Waals surface area contributed by atoms with Crippen LogP contribution in [0.25, 0.3) is 0 Å². The fourth-order valence-corrected chi connectivity index (χ4v) is 2.61. The highest BCUT2D eigenvalue weighted by atomic mass is 35.5. The van der Waals surface area contributed by atoms with Gasteiger partial charge in [-0.25, -0.2) is 0 Å². The molecule has 100 valence electrons. The summed E-state index contributed by atoms with van der Waals surface area (Å²) in [5.41, 5.74) is 0. The zero-order chi connectivity index (χ0) is 11.6. The van der Waals surface area contributed by atoms with Crippen LogP contribution in [0, 0.1) is 0 Å². The third-order valence-corrected chi connectivity index (χ3v) is 3.37. The van der Waals surface area contributed by atoms with Crippen LogP contribution < -0.4 is 12.4 Å². The average Bonchev–Trinajstić information content (AvgIpc) is 2.24. The number of hydrogen-bond acceptors (Lipinski definition) is 0. The molecule has 0 unspecified atom stereocenters. The molecular weight excluding hydrogens is 218 g/mol. The minimum atomic E-state index is 0. The van der Waals surface area contributed by atoms with E-state index < -0.39 is 0 Å². The molecule has 0 N–H and O–H groups in total. The van der Waals surface area contributed by atoms with Crippen molar-refractivity contribution in [3.63, 3.8) is 0 Å². The molecule has 0 bridgehead atoms. The standard InChI is InChI=1S/C14H32N.ClH/c1-5-9-13-15(11-7-3,12-8-4)14-10-6-2;/h5-14H2,1-4H3;1H/q+1;/p-1. The van der Waals surface area contributed by atoms with E-state index in [4.69, 9.17) is 0 Å². The van der Waals surface area contributed by atoms with E-state index in [0.29, 0.717) is 0 Å². The van der Waals surface area contributed by atoms with Gasteiger partial charge in [0.1, 0.15) is 0 Å². The van der Waals surface area contributed by atoms with E-state index in [1.807, 2.05) is 0 Å². The third-order valence-electron chi connectivity index (χ3n) is 3.37. The van der Waals surface area contributed by atoms with Gasteiger partial charge in [-0.05, 0) is 25.7 Å². The minimum Gasteiger partial charge on any atom is -1.00 e. The second kappa shape index (κ2) is 11.7. The monoisotopic (exact) mass is 249 g/mol. The van der Waals surface area contributed by atoms with Gasteiger partial charge in [-0.1, -0.05) is 40.5 Å². The van der Waals surface area contributed by atoms with Gasteiger partial charge >= 0.3 is 0 Å². The Hall–Kier alpha value is 0.250. The molecule has 0 amide bonds. The smallest absolute Gasteiger partial charge is 0.0786 e. The first-order chi connectivity index (χ1) is 7.24. The van der Waals surface area contributed by atoms with E-state index in [1.54, 1.807) is 0 Å². The number of hydrogen-bond donors (Lipinski definition) is 0. The van der Waals surface area contributed by atoms with E-state index in [2.05, 4.69) is 27.7 Å². The van der Waals surface area contributed by atoms with Gasteiger partial charge in [-0.3, -0.25) is 0 Å². The lowest BCUT2D eigenvalue weighted by molar-refractivity contribution is -0.928. The lowest BCUT2D eigenvalue weighted by Gasteiger charge is -2.39. The Labute approximate surface area is 110 Å². The quantitative estimate of drug-likeness (QED) is 0.511. The van der Waals surface area contributed by atoms with Crippen molar-refractivity contribution in [1.82, 2.24) is 0 Å². The lowest BCUT2D eigenvalue weighted by atomic mass is 10.1. The molecule has 0 radical (unpaired) electrons. The van der Waals surface area contributed by atoms with Crippen LogP contribution in [0.5, 0.6) is 0 Å². The summed E-state index contributed by atoms with van der Waals surface area (Å²) >= 11 is 0. The highest BCUT2D eigenvalue weighted by Crippen LogP contribution is 2.14. The minimum absolute atomic E-state index is 0. The molecule has 0 atom stereocenters. The van der Waals surface area contributed by atoms with Crippen molar-refractivity contribution in [2.75, 3.05) is 26.2 Å². The molecule has 0 rings (SSSR count). The van der Waals surface area contributed by atoms with Crippen LogP contribution in [0.15, 0.2) is 0 Å². The van der Waals surface area contributed by atoms with Crippen LogP contribution in [-0.2, 0) is 0 Å². The highest BCUT2D eigenvalue weighted by molar-refractivity contribution is 4.46. The highest BCUT2D eigenvalue weighted by Gasteiger charge is 2.23. The third kappa shape index (κ3) is 7.51. The van der Waals surface area contributed by atoms with Crippen molar-refractivity contribution in [1.29, 1.82) is 0 Å². The van der Waals surface area contributed by atoms with Crippen LogP contribution in [-0.4, -0.2) is 30.7 Å². The molecule has 0 fully saturated rings. The van der Waals surface area contributed by atoms with Gasteiger partial charge in [-0.15, -0.1) is 0 Å². The molecule has 1 nitrogen and oxygen atoms in total. The molecule has 0 aromatic carbocycles. The fraction of sp³-hybridized carbons (Fsp3) is 1.00. The first kappa shape index (κ1) is 18.6. The molecule has 0 aliphatic rings. The van der Waals surface area contributed by atoms with E-state index in [-0.39, 0.29) is 12.4 Å². The maximum atomic E-state index is 2.33. The van der Waals surface area contributed by atoms with Crippen molar-refractivity contribution in [2.45, 2.75) is 66.2 Å². The first-order valence-corrected chi connectivity index (χ1v) is 7.09. The molecular formula is C14H32ClN. The zero-order valence-electron chi connectivity index (χ0n) is 11.9. The molecule has 0 aromatic rings. The molecule has 16 heavy (non-hydrogen) atoms. The summed E-state index contributed by atoms with van der Waals surface area (Å²) in [5, 5.41) is 0. The number of unbranched alkanes of at least 4 members (excludes halogenated alkanes) is 2. The van der Waals surface area contributed by atoms with Crippen molar-refractivity contribution < 1.29 is 16.9 Å². The van der Waals surface area contributed by atoms with Crippen molar-refractivity contribution >= 4 is 0 Å². The summed E-state index contributed by atoms with van der Waals surface area (Å²) in [7, 11) is 0. The van der Waals surface area contributed by atoms with E-state index >= 15 is 0 Å². The van der Waals surface area contributed by atoms with E-state index in [0.717, 1.165) is 0 Å². The summed E-state index contributed by atoms with van der Waals surface area (Å²) in [6.07, 6.45) is 8.19. The van der Waals surface area contributed by atoms with Gasteiger partial charge in [0, 0.05) is 0 Å². The van der Waals surface area contributed by atoms with Gasteiger partial charge < -0.3 is 16.9 Å². The zero-order valence-corrected chi connectivity index (χ0v) is 12.7. The van der Waals surface area contributed by atoms with Crippen LogP contribution in [0.1, 0.15) is 66.2 Å². The SMILES string of the molecule is CCCC[N+](CCC)(CCC)CCCC.[Cl-]. The van der Waals surface area contributed by atoms with Gasteiger partial charge in [0.2, 0.25) is 0 Å². The Morgan fingerprint density at radius 1 is 0.562 bits per heavy atom.